The van der Waals surface area contributed by atoms with Gasteiger partial charge in [-0.1, -0.05) is 19.3 Å². The summed E-state index contributed by atoms with van der Waals surface area (Å²) in [4.78, 5) is 0. The lowest BCUT2D eigenvalue weighted by atomic mass is 9.86. The molecule has 2 fully saturated rings. The second kappa shape index (κ2) is 4.63. The summed E-state index contributed by atoms with van der Waals surface area (Å²) in [6.45, 7) is 0. The second-order valence-corrected chi connectivity index (χ2v) is 8.10. The first-order valence-corrected chi connectivity index (χ1v) is 8.37. The third-order valence-corrected chi connectivity index (χ3v) is 7.83. The summed E-state index contributed by atoms with van der Waals surface area (Å²) in [5, 5.41) is 10.5. The van der Waals surface area contributed by atoms with Crippen molar-refractivity contribution in [3.63, 3.8) is 0 Å². The molecule has 2 atom stereocenters. The first-order chi connectivity index (χ1) is 7.13. The van der Waals surface area contributed by atoms with Crippen LogP contribution in [0.3, 0.4) is 0 Å². The van der Waals surface area contributed by atoms with Crippen LogP contribution in [-0.2, 0) is 21.6 Å². The zero-order valence-corrected chi connectivity index (χ0v) is 10.4. The first kappa shape index (κ1) is 11.7. The van der Waals surface area contributed by atoms with Gasteiger partial charge in [0.2, 0.25) is 0 Å². The Morgan fingerprint density at radius 3 is 2.00 bits per heavy atom. The third kappa shape index (κ3) is 2.34. The standard InChI is InChI=1S/C10H18O3S2/c11-10(5-2-1-3-6-10)9-14(12)7-4-8-15(9)13/h9,11H,1-8H2. The molecular formula is C10H18O3S2. The van der Waals surface area contributed by atoms with E-state index in [9.17, 15) is 13.5 Å². The Morgan fingerprint density at radius 1 is 0.933 bits per heavy atom. The predicted molar refractivity (Wildman–Crippen MR) is 62.5 cm³/mol. The van der Waals surface area contributed by atoms with Crippen LogP contribution in [0.1, 0.15) is 38.5 Å². The Morgan fingerprint density at radius 2 is 1.47 bits per heavy atom. The highest BCUT2D eigenvalue weighted by Gasteiger charge is 2.46. The van der Waals surface area contributed by atoms with E-state index in [4.69, 9.17) is 0 Å². The Labute approximate surface area is 95.6 Å². The normalized spacial score (nSPS) is 41.3. The van der Waals surface area contributed by atoms with Crippen molar-refractivity contribution in [1.82, 2.24) is 0 Å². The van der Waals surface area contributed by atoms with Gasteiger partial charge in [-0.25, -0.2) is 0 Å². The van der Waals surface area contributed by atoms with E-state index >= 15 is 0 Å². The maximum atomic E-state index is 11.9. The van der Waals surface area contributed by atoms with Gasteiger partial charge in [0.15, 0.2) is 0 Å². The molecule has 2 aliphatic rings. The molecule has 0 bridgehead atoms. The summed E-state index contributed by atoms with van der Waals surface area (Å²) < 4.78 is 23.3. The third-order valence-electron chi connectivity index (χ3n) is 3.33. The Kier molecular flexibility index (Phi) is 3.63. The van der Waals surface area contributed by atoms with Crippen molar-refractivity contribution in [2.75, 3.05) is 11.5 Å². The van der Waals surface area contributed by atoms with E-state index in [-0.39, 0.29) is 0 Å². The molecule has 1 saturated heterocycles. The minimum absolute atomic E-state index is 0.480. The van der Waals surface area contributed by atoms with E-state index < -0.39 is 31.8 Å². The van der Waals surface area contributed by atoms with Crippen LogP contribution in [0.4, 0.5) is 0 Å². The summed E-state index contributed by atoms with van der Waals surface area (Å²) >= 11 is 0. The average molecular weight is 250 g/mol. The molecule has 15 heavy (non-hydrogen) atoms. The molecule has 0 aromatic rings. The fraction of sp³-hybridized carbons (Fsp3) is 1.00. The van der Waals surface area contributed by atoms with Gasteiger partial charge in [0.1, 0.15) is 4.58 Å². The predicted octanol–water partition coefficient (Wildman–Crippen LogP) is 0.909. The lowest BCUT2D eigenvalue weighted by molar-refractivity contribution is 0.0180. The minimum atomic E-state index is -1.10. The molecule has 0 aromatic carbocycles. The van der Waals surface area contributed by atoms with Crippen LogP contribution < -0.4 is 0 Å². The summed E-state index contributed by atoms with van der Waals surface area (Å²) in [5.41, 5.74) is -0.908. The molecule has 5 heteroatoms. The highest BCUT2D eigenvalue weighted by Crippen LogP contribution is 2.36. The van der Waals surface area contributed by atoms with Crippen LogP contribution in [0, 0.1) is 0 Å². The van der Waals surface area contributed by atoms with E-state index in [1.165, 1.54) is 0 Å². The molecule has 1 saturated carbocycles. The maximum absolute atomic E-state index is 11.9. The number of hydrogen-bond acceptors (Lipinski definition) is 3. The van der Waals surface area contributed by atoms with Gasteiger partial charge < -0.3 is 5.11 Å². The molecule has 2 rings (SSSR count). The number of hydrogen-bond donors (Lipinski definition) is 1. The second-order valence-electron chi connectivity index (χ2n) is 4.52. The van der Waals surface area contributed by atoms with Crippen LogP contribution in [0.15, 0.2) is 0 Å². The van der Waals surface area contributed by atoms with Crippen molar-refractivity contribution in [2.24, 2.45) is 0 Å². The summed E-state index contributed by atoms with van der Waals surface area (Å²) in [7, 11) is -2.19. The number of aliphatic hydroxyl groups is 1. The van der Waals surface area contributed by atoms with E-state index in [0.29, 0.717) is 24.3 Å². The fourth-order valence-electron chi connectivity index (χ4n) is 2.57. The lowest BCUT2D eigenvalue weighted by Crippen LogP contribution is -2.51. The zero-order valence-electron chi connectivity index (χ0n) is 8.81. The van der Waals surface area contributed by atoms with Crippen molar-refractivity contribution in [2.45, 2.75) is 48.7 Å². The van der Waals surface area contributed by atoms with Crippen molar-refractivity contribution in [3.05, 3.63) is 0 Å². The molecule has 1 aliphatic heterocycles. The topological polar surface area (TPSA) is 54.4 Å². The van der Waals surface area contributed by atoms with Gasteiger partial charge in [-0.3, -0.25) is 8.42 Å². The Balaban J connectivity index is 2.18. The Hall–Kier alpha value is 0.260. The number of rotatable bonds is 1. The maximum Gasteiger partial charge on any atom is 0.138 e. The molecular weight excluding hydrogens is 232 g/mol. The van der Waals surface area contributed by atoms with Crippen LogP contribution >= 0.6 is 0 Å². The molecule has 0 amide bonds. The lowest BCUT2D eigenvalue weighted by Gasteiger charge is -2.39. The zero-order chi connectivity index (χ0) is 10.9. The molecule has 1 heterocycles. The van der Waals surface area contributed by atoms with Crippen LogP contribution in [-0.4, -0.2) is 35.2 Å². The first-order valence-electron chi connectivity index (χ1n) is 5.60. The van der Waals surface area contributed by atoms with Crippen LogP contribution in [0.2, 0.25) is 0 Å². The van der Waals surface area contributed by atoms with Gasteiger partial charge in [0, 0.05) is 33.1 Å². The molecule has 0 aromatic heterocycles. The van der Waals surface area contributed by atoms with Crippen LogP contribution in [0.5, 0.6) is 0 Å². The SMILES string of the molecule is O=S1CCCS(=O)C1C1(O)CCCCC1. The fourth-order valence-corrected chi connectivity index (χ4v) is 7.02. The molecule has 1 N–H and O–H groups in total. The van der Waals surface area contributed by atoms with E-state index in [2.05, 4.69) is 0 Å². The van der Waals surface area contributed by atoms with E-state index in [1.807, 2.05) is 0 Å². The van der Waals surface area contributed by atoms with Gasteiger partial charge in [-0.05, 0) is 19.3 Å². The molecule has 0 spiro atoms. The molecule has 3 nitrogen and oxygen atoms in total. The smallest absolute Gasteiger partial charge is 0.138 e. The molecule has 88 valence electrons. The quantitative estimate of drug-likeness (QED) is 0.752. The van der Waals surface area contributed by atoms with Crippen LogP contribution in [0.25, 0.3) is 0 Å². The summed E-state index contributed by atoms with van der Waals surface area (Å²) in [6.07, 6.45) is 5.20. The monoisotopic (exact) mass is 250 g/mol. The summed E-state index contributed by atoms with van der Waals surface area (Å²) in [5.74, 6) is 1.22. The summed E-state index contributed by atoms with van der Waals surface area (Å²) in [6, 6.07) is 0. The van der Waals surface area contributed by atoms with Gasteiger partial charge in [-0.2, -0.15) is 0 Å². The molecule has 2 unspecified atom stereocenters. The molecule has 1 aliphatic carbocycles. The van der Waals surface area contributed by atoms with Crippen molar-refractivity contribution in [1.29, 1.82) is 0 Å². The minimum Gasteiger partial charge on any atom is -0.388 e. The van der Waals surface area contributed by atoms with Crippen molar-refractivity contribution >= 4 is 21.6 Å². The van der Waals surface area contributed by atoms with Gasteiger partial charge in [-0.15, -0.1) is 0 Å². The molecule has 0 radical (unpaired) electrons. The largest absolute Gasteiger partial charge is 0.388 e. The van der Waals surface area contributed by atoms with Gasteiger partial charge in [0.05, 0.1) is 5.60 Å². The average Bonchev–Trinajstić information content (AvgIpc) is 2.18. The van der Waals surface area contributed by atoms with Gasteiger partial charge in [0.25, 0.3) is 0 Å². The van der Waals surface area contributed by atoms with Gasteiger partial charge >= 0.3 is 0 Å². The highest BCUT2D eigenvalue weighted by atomic mass is 32.2. The van der Waals surface area contributed by atoms with Crippen molar-refractivity contribution < 1.29 is 13.5 Å². The Bertz CT molecular complexity index is 268. The van der Waals surface area contributed by atoms with E-state index in [1.54, 1.807) is 0 Å². The highest BCUT2D eigenvalue weighted by molar-refractivity contribution is 8.03. The van der Waals surface area contributed by atoms with E-state index in [0.717, 1.165) is 25.7 Å². The van der Waals surface area contributed by atoms with Crippen molar-refractivity contribution in [3.8, 4) is 0 Å².